The van der Waals surface area contributed by atoms with Crippen LogP contribution in [0.15, 0.2) is 40.2 Å². The van der Waals surface area contributed by atoms with Crippen LogP contribution in [0.5, 0.6) is 0 Å². The first-order valence-corrected chi connectivity index (χ1v) is 7.22. The summed E-state index contributed by atoms with van der Waals surface area (Å²) in [7, 11) is 0. The molecule has 2 aromatic rings. The molecule has 0 bridgehead atoms. The number of thiophene rings is 1. The number of hydrogen-bond donors (Lipinski definition) is 0. The molecule has 0 amide bonds. The summed E-state index contributed by atoms with van der Waals surface area (Å²) in [5.41, 5.74) is 2.38. The molecule has 0 spiro atoms. The normalized spacial score (nSPS) is 10.5. The van der Waals surface area contributed by atoms with E-state index >= 15 is 0 Å². The van der Waals surface area contributed by atoms with Crippen LogP contribution in [0.25, 0.3) is 0 Å². The molecular weight excluding hydrogens is 296 g/mol. The van der Waals surface area contributed by atoms with Gasteiger partial charge in [0.1, 0.15) is 0 Å². The summed E-state index contributed by atoms with van der Waals surface area (Å²) in [6.45, 7) is 2.13. The second kappa shape index (κ2) is 5.61. The van der Waals surface area contributed by atoms with Crippen molar-refractivity contribution in [3.05, 3.63) is 56.2 Å². The summed E-state index contributed by atoms with van der Waals surface area (Å²) in [4.78, 5) is 12.8. The number of halogens is 1. The number of hydrogen-bond acceptors (Lipinski definition) is 2. The van der Waals surface area contributed by atoms with Gasteiger partial charge in [0, 0.05) is 10.9 Å². The van der Waals surface area contributed by atoms with Gasteiger partial charge < -0.3 is 0 Å². The van der Waals surface area contributed by atoms with Gasteiger partial charge in [-0.15, -0.1) is 11.3 Å². The van der Waals surface area contributed by atoms with Crippen molar-refractivity contribution in [2.24, 2.45) is 0 Å². The van der Waals surface area contributed by atoms with E-state index in [1.807, 2.05) is 23.6 Å². The smallest absolute Gasteiger partial charge is 0.178 e. The highest BCUT2D eigenvalue weighted by atomic mass is 79.9. The number of carbonyl (C=O) groups is 1. The Balaban J connectivity index is 2.10. The lowest BCUT2D eigenvalue weighted by molar-refractivity contribution is 0.0996. The van der Waals surface area contributed by atoms with Crippen LogP contribution < -0.4 is 0 Å². The van der Waals surface area contributed by atoms with E-state index in [0.717, 1.165) is 21.3 Å². The lowest BCUT2D eigenvalue weighted by Crippen LogP contribution is -2.01. The van der Waals surface area contributed by atoms with Crippen molar-refractivity contribution in [1.82, 2.24) is 0 Å². The minimum atomic E-state index is 0.177. The van der Waals surface area contributed by atoms with Crippen molar-refractivity contribution in [2.45, 2.75) is 19.8 Å². The SMILES string of the molecule is CCc1ccc(CC(=O)c2sccc2Br)cc1. The van der Waals surface area contributed by atoms with Gasteiger partial charge in [0.25, 0.3) is 0 Å². The number of rotatable bonds is 4. The third kappa shape index (κ3) is 3.05. The topological polar surface area (TPSA) is 17.1 Å². The third-order valence-electron chi connectivity index (χ3n) is 2.67. The van der Waals surface area contributed by atoms with Crippen LogP contribution in [0.3, 0.4) is 0 Å². The van der Waals surface area contributed by atoms with E-state index in [4.69, 9.17) is 0 Å². The van der Waals surface area contributed by atoms with Gasteiger partial charge in [0.15, 0.2) is 5.78 Å². The van der Waals surface area contributed by atoms with Crippen molar-refractivity contribution in [1.29, 1.82) is 0 Å². The largest absolute Gasteiger partial charge is 0.293 e. The van der Waals surface area contributed by atoms with Crippen molar-refractivity contribution in [2.75, 3.05) is 0 Å². The van der Waals surface area contributed by atoms with Gasteiger partial charge in [0.05, 0.1) is 4.88 Å². The molecule has 1 heterocycles. The molecule has 17 heavy (non-hydrogen) atoms. The molecule has 1 aromatic carbocycles. The van der Waals surface area contributed by atoms with Crippen LogP contribution in [0.2, 0.25) is 0 Å². The molecule has 0 radical (unpaired) electrons. The number of benzene rings is 1. The Morgan fingerprint density at radius 2 is 1.82 bits per heavy atom. The lowest BCUT2D eigenvalue weighted by Gasteiger charge is -2.02. The molecule has 0 saturated carbocycles. The molecule has 1 aromatic heterocycles. The van der Waals surface area contributed by atoms with Crippen molar-refractivity contribution in [3.63, 3.8) is 0 Å². The average Bonchev–Trinajstić information content (AvgIpc) is 2.76. The fourth-order valence-corrected chi connectivity index (χ4v) is 3.18. The summed E-state index contributed by atoms with van der Waals surface area (Å²) < 4.78 is 0.901. The molecule has 0 N–H and O–H groups in total. The Hall–Kier alpha value is -0.930. The molecule has 0 aliphatic rings. The van der Waals surface area contributed by atoms with E-state index in [1.165, 1.54) is 16.9 Å². The number of aryl methyl sites for hydroxylation is 1. The summed E-state index contributed by atoms with van der Waals surface area (Å²) in [5, 5.41) is 1.93. The van der Waals surface area contributed by atoms with E-state index in [-0.39, 0.29) is 5.78 Å². The number of carbonyl (C=O) groups excluding carboxylic acids is 1. The first kappa shape index (κ1) is 12.5. The minimum absolute atomic E-state index is 0.177. The zero-order valence-corrected chi connectivity index (χ0v) is 12.0. The quantitative estimate of drug-likeness (QED) is 0.760. The maximum absolute atomic E-state index is 12.0. The lowest BCUT2D eigenvalue weighted by atomic mass is 10.1. The monoisotopic (exact) mass is 308 g/mol. The van der Waals surface area contributed by atoms with Crippen LogP contribution in [0.4, 0.5) is 0 Å². The predicted molar refractivity (Wildman–Crippen MR) is 75.9 cm³/mol. The summed E-state index contributed by atoms with van der Waals surface area (Å²) in [5.74, 6) is 0.177. The van der Waals surface area contributed by atoms with E-state index < -0.39 is 0 Å². The molecule has 3 heteroatoms. The zero-order valence-electron chi connectivity index (χ0n) is 9.57. The molecule has 88 valence electrons. The predicted octanol–water partition coefficient (Wildman–Crippen LogP) is 4.50. The van der Waals surface area contributed by atoms with Crippen molar-refractivity contribution in [3.8, 4) is 0 Å². The molecule has 2 rings (SSSR count). The molecule has 0 atom stereocenters. The Bertz CT molecular complexity index is 513. The van der Waals surface area contributed by atoms with Crippen molar-refractivity contribution >= 4 is 33.0 Å². The Labute approximate surface area is 114 Å². The van der Waals surface area contributed by atoms with Gasteiger partial charge in [-0.2, -0.15) is 0 Å². The molecule has 0 fully saturated rings. The van der Waals surface area contributed by atoms with E-state index in [0.29, 0.717) is 6.42 Å². The van der Waals surface area contributed by atoms with E-state index in [1.54, 1.807) is 0 Å². The number of ketones is 1. The van der Waals surface area contributed by atoms with Gasteiger partial charge in [-0.25, -0.2) is 0 Å². The van der Waals surface area contributed by atoms with Crippen LogP contribution in [-0.4, -0.2) is 5.78 Å². The van der Waals surface area contributed by atoms with E-state index in [2.05, 4.69) is 35.0 Å². The molecule has 0 aliphatic heterocycles. The fraction of sp³-hybridized carbons (Fsp3) is 0.214. The summed E-state index contributed by atoms with van der Waals surface area (Å²) in [6, 6.07) is 10.2. The second-order valence-electron chi connectivity index (χ2n) is 3.87. The summed E-state index contributed by atoms with van der Waals surface area (Å²) in [6.07, 6.45) is 1.51. The molecule has 0 saturated heterocycles. The van der Waals surface area contributed by atoms with Gasteiger partial charge in [-0.3, -0.25) is 4.79 Å². The maximum atomic E-state index is 12.0. The highest BCUT2D eigenvalue weighted by molar-refractivity contribution is 9.10. The average molecular weight is 309 g/mol. The van der Waals surface area contributed by atoms with Gasteiger partial charge in [-0.1, -0.05) is 31.2 Å². The van der Waals surface area contributed by atoms with Gasteiger partial charge in [0.2, 0.25) is 0 Å². The first-order chi connectivity index (χ1) is 8.20. The third-order valence-corrected chi connectivity index (χ3v) is 4.55. The summed E-state index contributed by atoms with van der Waals surface area (Å²) >= 11 is 4.88. The molecule has 0 aliphatic carbocycles. The van der Waals surface area contributed by atoms with Gasteiger partial charge >= 0.3 is 0 Å². The Morgan fingerprint density at radius 3 is 2.35 bits per heavy atom. The highest BCUT2D eigenvalue weighted by Crippen LogP contribution is 2.24. The fourth-order valence-electron chi connectivity index (χ4n) is 1.65. The second-order valence-corrected chi connectivity index (χ2v) is 5.64. The van der Waals surface area contributed by atoms with E-state index in [9.17, 15) is 4.79 Å². The Morgan fingerprint density at radius 1 is 1.18 bits per heavy atom. The Kier molecular flexibility index (Phi) is 4.13. The molecule has 1 nitrogen and oxygen atoms in total. The number of Topliss-reactive ketones (excluding diaryl/α,β-unsaturated/α-hetero) is 1. The van der Waals surface area contributed by atoms with Crippen LogP contribution in [0.1, 0.15) is 27.7 Å². The van der Waals surface area contributed by atoms with Crippen LogP contribution >= 0.6 is 27.3 Å². The maximum Gasteiger partial charge on any atom is 0.178 e. The standard InChI is InChI=1S/C14H13BrOS/c1-2-10-3-5-11(6-4-10)9-13(16)14-12(15)7-8-17-14/h3-8H,2,9H2,1H3. The first-order valence-electron chi connectivity index (χ1n) is 5.54. The van der Waals surface area contributed by atoms with Gasteiger partial charge in [-0.05, 0) is 44.9 Å². The molecule has 0 unspecified atom stereocenters. The highest BCUT2D eigenvalue weighted by Gasteiger charge is 2.11. The van der Waals surface area contributed by atoms with Crippen molar-refractivity contribution < 1.29 is 4.79 Å². The zero-order chi connectivity index (χ0) is 12.3. The van der Waals surface area contributed by atoms with Crippen LogP contribution in [0, 0.1) is 0 Å². The van der Waals surface area contributed by atoms with Crippen LogP contribution in [-0.2, 0) is 12.8 Å². The molecular formula is C14H13BrOS. The minimum Gasteiger partial charge on any atom is -0.293 e.